The molecule has 0 aliphatic carbocycles. The van der Waals surface area contributed by atoms with E-state index in [0.717, 1.165) is 0 Å². The molecule has 0 fully saturated rings. The highest BCUT2D eigenvalue weighted by Gasteiger charge is 2.15. The first kappa shape index (κ1) is 20.2. The van der Waals surface area contributed by atoms with E-state index in [4.69, 9.17) is 0 Å². The minimum absolute atomic E-state index is 1.35. The largest absolute Gasteiger partial charge is 0.140 e. The van der Waals surface area contributed by atoms with E-state index in [9.17, 15) is 0 Å². The maximum Gasteiger partial charge on any atom is 0.0464 e. The first-order valence-corrected chi connectivity index (χ1v) is 15.9. The molecule has 0 saturated heterocycles. The molecule has 0 nitrogen and oxygen atoms in total. The van der Waals surface area contributed by atoms with E-state index < -0.39 is 0 Å². The zero-order valence-corrected chi connectivity index (χ0v) is 23.1. The van der Waals surface area contributed by atoms with Gasteiger partial charge < -0.3 is 0 Å². The molecule has 0 unspecified atom stereocenters. The Balaban J connectivity index is 1.29. The number of fused-ring (bicyclic) bond motifs is 7. The van der Waals surface area contributed by atoms with E-state index in [1.54, 1.807) is 0 Å². The lowest BCUT2D eigenvalue weighted by atomic mass is 10.1. The van der Waals surface area contributed by atoms with Gasteiger partial charge in [0, 0.05) is 68.2 Å². The minimum Gasteiger partial charge on any atom is -0.140 e. The molecule has 8 aromatic rings. The van der Waals surface area contributed by atoms with Gasteiger partial charge in [0.05, 0.1) is 0 Å². The third kappa shape index (κ3) is 2.97. The fourth-order valence-corrected chi connectivity index (χ4v) is 12.0. The van der Waals surface area contributed by atoms with Crippen LogP contribution in [0.25, 0.3) is 69.3 Å². The van der Waals surface area contributed by atoms with E-state index in [2.05, 4.69) is 74.5 Å². The van der Waals surface area contributed by atoms with Crippen LogP contribution in [0.3, 0.4) is 0 Å². The summed E-state index contributed by atoms with van der Waals surface area (Å²) < 4.78 is 8.47. The molecule has 0 N–H and O–H groups in total. The van der Waals surface area contributed by atoms with Crippen LogP contribution < -0.4 is 0 Å². The van der Waals surface area contributed by atoms with Crippen molar-refractivity contribution in [3.8, 4) is 19.5 Å². The third-order valence-electron chi connectivity index (χ3n) is 6.31. The number of rotatable bonds is 2. The van der Waals surface area contributed by atoms with Gasteiger partial charge >= 0.3 is 0 Å². The van der Waals surface area contributed by atoms with Crippen molar-refractivity contribution in [3.05, 3.63) is 70.4 Å². The number of aryl methyl sites for hydroxylation is 2. The minimum atomic E-state index is 1.35. The van der Waals surface area contributed by atoms with Crippen LogP contribution in [0.15, 0.2) is 60.7 Å². The van der Waals surface area contributed by atoms with Gasteiger partial charge in [0.25, 0.3) is 0 Å². The van der Waals surface area contributed by atoms with Crippen molar-refractivity contribution < 1.29 is 0 Å². The van der Waals surface area contributed by atoms with Gasteiger partial charge in [0.15, 0.2) is 0 Å². The topological polar surface area (TPSA) is 0 Å². The molecule has 0 saturated carbocycles. The van der Waals surface area contributed by atoms with Crippen molar-refractivity contribution in [3.63, 3.8) is 0 Å². The van der Waals surface area contributed by atoms with Crippen LogP contribution >= 0.6 is 68.0 Å². The molecule has 6 aromatic heterocycles. The van der Waals surface area contributed by atoms with Crippen LogP contribution in [0.4, 0.5) is 0 Å². The molecule has 0 aliphatic rings. The van der Waals surface area contributed by atoms with Crippen LogP contribution in [0.5, 0.6) is 0 Å². The summed E-state index contributed by atoms with van der Waals surface area (Å²) in [6, 6.07) is 23.5. The Bertz CT molecular complexity index is 1830. The summed E-state index contributed by atoms with van der Waals surface area (Å²) in [4.78, 5) is 8.34. The van der Waals surface area contributed by atoms with Crippen LogP contribution in [-0.2, 0) is 0 Å². The summed E-state index contributed by atoms with van der Waals surface area (Å²) in [7, 11) is 0. The van der Waals surface area contributed by atoms with Crippen molar-refractivity contribution in [1.82, 2.24) is 0 Å². The SMILES string of the molecule is Cc1cc2sc(-c3cc4ccc5c(ccc6cc(-c7cc8sc(C)cc8s7)sc65)c4s3)cc2s1. The highest BCUT2D eigenvalue weighted by atomic mass is 32.1. The van der Waals surface area contributed by atoms with Gasteiger partial charge in [-0.3, -0.25) is 0 Å². The molecule has 0 amide bonds. The summed E-state index contributed by atoms with van der Waals surface area (Å²) in [5.74, 6) is 0. The second-order valence-corrected chi connectivity index (χ2v) is 15.5. The Morgan fingerprint density at radius 3 is 1.26 bits per heavy atom. The van der Waals surface area contributed by atoms with E-state index in [0.29, 0.717) is 0 Å². The number of hydrogen-bond donors (Lipinski definition) is 0. The van der Waals surface area contributed by atoms with Gasteiger partial charge in [0.2, 0.25) is 0 Å². The Morgan fingerprint density at radius 2 is 0.824 bits per heavy atom. The van der Waals surface area contributed by atoms with Crippen LogP contribution in [0.2, 0.25) is 0 Å². The molecule has 164 valence electrons. The molecule has 6 heteroatoms. The summed E-state index contributed by atoms with van der Waals surface area (Å²) >= 11 is 11.5. The second-order valence-electron chi connectivity index (χ2n) is 8.68. The van der Waals surface area contributed by atoms with Gasteiger partial charge in [-0.25, -0.2) is 0 Å². The highest BCUT2D eigenvalue weighted by Crippen LogP contribution is 2.47. The molecule has 2 aromatic carbocycles. The summed E-state index contributed by atoms with van der Waals surface area (Å²) in [6.45, 7) is 4.39. The van der Waals surface area contributed by atoms with Gasteiger partial charge in [-0.05, 0) is 61.0 Å². The zero-order valence-electron chi connectivity index (χ0n) is 18.2. The highest BCUT2D eigenvalue weighted by molar-refractivity contribution is 7.33. The van der Waals surface area contributed by atoms with Crippen molar-refractivity contribution in [2.24, 2.45) is 0 Å². The van der Waals surface area contributed by atoms with Gasteiger partial charge in [-0.1, -0.05) is 24.3 Å². The van der Waals surface area contributed by atoms with E-state index in [1.165, 1.54) is 79.0 Å². The molecular formula is C28H16S6. The number of benzene rings is 2. The van der Waals surface area contributed by atoms with Gasteiger partial charge in [0.1, 0.15) is 0 Å². The summed E-state index contributed by atoms with van der Waals surface area (Å²) in [6.07, 6.45) is 0. The third-order valence-corrected chi connectivity index (χ3v) is 13.5. The van der Waals surface area contributed by atoms with Crippen LogP contribution in [-0.4, -0.2) is 0 Å². The Labute approximate surface area is 220 Å². The van der Waals surface area contributed by atoms with Gasteiger partial charge in [-0.15, -0.1) is 68.0 Å². The normalized spacial score (nSPS) is 12.4. The van der Waals surface area contributed by atoms with Gasteiger partial charge in [-0.2, -0.15) is 0 Å². The lowest BCUT2D eigenvalue weighted by molar-refractivity contribution is 1.66. The molecule has 0 spiro atoms. The van der Waals surface area contributed by atoms with E-state index in [1.807, 2.05) is 68.0 Å². The maximum absolute atomic E-state index is 2.38. The number of thiophene rings is 6. The van der Waals surface area contributed by atoms with Crippen LogP contribution in [0, 0.1) is 13.8 Å². The lowest BCUT2D eigenvalue weighted by Crippen LogP contribution is -1.72. The van der Waals surface area contributed by atoms with E-state index in [-0.39, 0.29) is 0 Å². The number of hydrogen-bond acceptors (Lipinski definition) is 6. The monoisotopic (exact) mass is 544 g/mol. The smallest absolute Gasteiger partial charge is 0.0464 e. The maximum atomic E-state index is 2.38. The Kier molecular flexibility index (Phi) is 4.29. The zero-order chi connectivity index (χ0) is 22.6. The first-order valence-electron chi connectivity index (χ1n) is 11.0. The Hall–Kier alpha value is -2.06. The molecule has 34 heavy (non-hydrogen) atoms. The lowest BCUT2D eigenvalue weighted by Gasteiger charge is -2.01. The summed E-state index contributed by atoms with van der Waals surface area (Å²) in [5, 5.41) is 5.47. The second kappa shape index (κ2) is 7.23. The molecule has 0 aliphatic heterocycles. The predicted molar refractivity (Wildman–Crippen MR) is 162 cm³/mol. The predicted octanol–water partition coefficient (Wildman–Crippen LogP) is 11.8. The molecule has 0 bridgehead atoms. The van der Waals surface area contributed by atoms with Crippen molar-refractivity contribution in [2.75, 3.05) is 0 Å². The molecule has 8 rings (SSSR count). The summed E-state index contributed by atoms with van der Waals surface area (Å²) in [5.41, 5.74) is 0. The molecular weight excluding hydrogens is 529 g/mol. The first-order chi connectivity index (χ1) is 16.6. The quantitative estimate of drug-likeness (QED) is 0.203. The van der Waals surface area contributed by atoms with Crippen molar-refractivity contribution in [2.45, 2.75) is 13.8 Å². The molecule has 0 radical (unpaired) electrons. The molecule has 0 atom stereocenters. The molecule has 6 heterocycles. The fraction of sp³-hybridized carbons (Fsp3) is 0.0714. The van der Waals surface area contributed by atoms with Crippen molar-refractivity contribution >= 4 is 118 Å². The average molecular weight is 545 g/mol. The standard InChI is InChI=1S/C28H16S6/c1-13-7-19-23(29-13)11-25(31-19)21-9-15-3-5-18-17(27(15)33-21)6-4-16-10-22(34-28(16)18)26-12-24-20(32-26)8-14(2)30-24/h3-12H,1-2H3. The van der Waals surface area contributed by atoms with Crippen LogP contribution in [0.1, 0.15) is 9.75 Å². The fourth-order valence-electron chi connectivity index (χ4n) is 4.80. The Morgan fingerprint density at radius 1 is 0.412 bits per heavy atom. The average Bonchev–Trinajstić information content (AvgIpc) is 3.60. The van der Waals surface area contributed by atoms with E-state index >= 15 is 0 Å². The van der Waals surface area contributed by atoms with Crippen molar-refractivity contribution in [1.29, 1.82) is 0 Å².